The van der Waals surface area contributed by atoms with Gasteiger partial charge >= 0.3 is 0 Å². The lowest BCUT2D eigenvalue weighted by Gasteiger charge is -2.06. The van der Waals surface area contributed by atoms with E-state index in [-0.39, 0.29) is 0 Å². The molecule has 0 atom stereocenters. The van der Waals surface area contributed by atoms with E-state index in [1.165, 1.54) is 11.3 Å². The molecule has 0 aliphatic rings. The van der Waals surface area contributed by atoms with Crippen molar-refractivity contribution in [3.8, 4) is 0 Å². The number of halogens is 2. The molecule has 1 aromatic carbocycles. The summed E-state index contributed by atoms with van der Waals surface area (Å²) >= 11 is 13.4. The first-order valence-corrected chi connectivity index (χ1v) is 5.51. The number of para-hydroxylation sites is 1. The van der Waals surface area contributed by atoms with Gasteiger partial charge in [-0.05, 0) is 12.1 Å². The molecule has 0 amide bonds. The lowest BCUT2D eigenvalue weighted by atomic mass is 10.3. The highest BCUT2D eigenvalue weighted by Gasteiger charge is 2.05. The fourth-order valence-electron chi connectivity index (χ4n) is 1.01. The maximum Gasteiger partial charge on any atom is 0.187 e. The normalized spacial score (nSPS) is 10.1. The molecule has 0 bridgehead atoms. The Morgan fingerprint density at radius 2 is 1.93 bits per heavy atom. The van der Waals surface area contributed by atoms with Crippen molar-refractivity contribution < 1.29 is 0 Å². The standard InChI is InChI=1S/C9H6Cl2N2S/c10-6-2-1-3-7(11)8(6)13-9-12-4-5-14-9/h1-5H,(H,12,13). The number of nitrogens with one attached hydrogen (secondary N) is 1. The summed E-state index contributed by atoms with van der Waals surface area (Å²) in [6, 6.07) is 5.37. The lowest BCUT2D eigenvalue weighted by molar-refractivity contribution is 1.39. The zero-order chi connectivity index (χ0) is 9.97. The van der Waals surface area contributed by atoms with Gasteiger partial charge in [-0.3, -0.25) is 0 Å². The molecule has 0 unspecified atom stereocenters. The summed E-state index contributed by atoms with van der Waals surface area (Å²) in [7, 11) is 0. The lowest BCUT2D eigenvalue weighted by Crippen LogP contribution is -1.90. The second-order valence-electron chi connectivity index (χ2n) is 2.56. The molecule has 1 N–H and O–H groups in total. The van der Waals surface area contributed by atoms with Crippen LogP contribution in [-0.2, 0) is 0 Å². The number of nitrogens with zero attached hydrogens (tertiary/aromatic N) is 1. The molecule has 0 spiro atoms. The molecule has 2 rings (SSSR count). The summed E-state index contributed by atoms with van der Waals surface area (Å²) in [5, 5.41) is 6.90. The van der Waals surface area contributed by atoms with Crippen LogP contribution in [0.4, 0.5) is 10.8 Å². The summed E-state index contributed by atoms with van der Waals surface area (Å²) in [5.74, 6) is 0. The molecular formula is C9H6Cl2N2S. The van der Waals surface area contributed by atoms with E-state index in [9.17, 15) is 0 Å². The van der Waals surface area contributed by atoms with Gasteiger partial charge in [-0.15, -0.1) is 11.3 Å². The van der Waals surface area contributed by atoms with Crippen LogP contribution < -0.4 is 5.32 Å². The van der Waals surface area contributed by atoms with E-state index < -0.39 is 0 Å². The molecule has 72 valence electrons. The number of anilines is 2. The van der Waals surface area contributed by atoms with Crippen LogP contribution >= 0.6 is 34.5 Å². The first-order chi connectivity index (χ1) is 6.77. The second-order valence-corrected chi connectivity index (χ2v) is 4.27. The second kappa shape index (κ2) is 4.17. The van der Waals surface area contributed by atoms with Gasteiger partial charge in [-0.2, -0.15) is 0 Å². The van der Waals surface area contributed by atoms with Gasteiger partial charge in [-0.1, -0.05) is 29.3 Å². The van der Waals surface area contributed by atoms with Crippen LogP contribution in [0.3, 0.4) is 0 Å². The summed E-state index contributed by atoms with van der Waals surface area (Å²) < 4.78 is 0. The Kier molecular flexibility index (Phi) is 2.91. The van der Waals surface area contributed by atoms with Crippen LogP contribution in [0.2, 0.25) is 10.0 Å². The number of thiazole rings is 1. The van der Waals surface area contributed by atoms with E-state index in [0.717, 1.165) is 5.13 Å². The van der Waals surface area contributed by atoms with Crippen LogP contribution in [0.1, 0.15) is 0 Å². The monoisotopic (exact) mass is 244 g/mol. The summed E-state index contributed by atoms with van der Waals surface area (Å²) in [4.78, 5) is 4.08. The van der Waals surface area contributed by atoms with Gasteiger partial charge in [0.05, 0.1) is 15.7 Å². The third-order valence-corrected chi connectivity index (χ3v) is 2.95. The average Bonchev–Trinajstić information content (AvgIpc) is 2.64. The molecule has 0 aliphatic carbocycles. The SMILES string of the molecule is Clc1cccc(Cl)c1Nc1nccs1. The molecule has 2 aromatic rings. The number of hydrogen-bond donors (Lipinski definition) is 1. The summed E-state index contributed by atoms with van der Waals surface area (Å²) in [6.07, 6.45) is 1.72. The predicted molar refractivity (Wildman–Crippen MR) is 61.9 cm³/mol. The molecule has 0 radical (unpaired) electrons. The highest BCUT2D eigenvalue weighted by Crippen LogP contribution is 2.32. The van der Waals surface area contributed by atoms with Crippen LogP contribution in [0.5, 0.6) is 0 Å². The Morgan fingerprint density at radius 3 is 2.50 bits per heavy atom. The van der Waals surface area contributed by atoms with E-state index >= 15 is 0 Å². The molecule has 5 heteroatoms. The Bertz CT molecular complexity index is 408. The van der Waals surface area contributed by atoms with Crippen molar-refractivity contribution in [1.29, 1.82) is 0 Å². The van der Waals surface area contributed by atoms with Gasteiger partial charge in [0.15, 0.2) is 5.13 Å². The molecule has 1 aromatic heterocycles. The zero-order valence-electron chi connectivity index (χ0n) is 7.00. The smallest absolute Gasteiger partial charge is 0.187 e. The predicted octanol–water partition coefficient (Wildman–Crippen LogP) is 4.19. The first-order valence-electron chi connectivity index (χ1n) is 3.88. The Labute approximate surface area is 95.5 Å². The first kappa shape index (κ1) is 9.77. The topological polar surface area (TPSA) is 24.9 Å². The van der Waals surface area contributed by atoms with Gasteiger partial charge in [-0.25, -0.2) is 4.98 Å². The van der Waals surface area contributed by atoms with Gasteiger partial charge in [0, 0.05) is 11.6 Å². The average molecular weight is 245 g/mol. The Hall–Kier alpha value is -0.770. The molecule has 0 aliphatic heterocycles. The number of hydrogen-bond acceptors (Lipinski definition) is 3. The number of rotatable bonds is 2. The van der Waals surface area contributed by atoms with Crippen LogP contribution in [0.15, 0.2) is 29.8 Å². The fraction of sp³-hybridized carbons (Fsp3) is 0. The highest BCUT2D eigenvalue weighted by molar-refractivity contribution is 7.13. The van der Waals surface area contributed by atoms with Gasteiger partial charge < -0.3 is 5.32 Å². The zero-order valence-corrected chi connectivity index (χ0v) is 9.33. The van der Waals surface area contributed by atoms with Gasteiger partial charge in [0.2, 0.25) is 0 Å². The molecule has 0 saturated heterocycles. The maximum atomic E-state index is 5.98. The van der Waals surface area contributed by atoms with Crippen molar-refractivity contribution in [2.24, 2.45) is 0 Å². The third kappa shape index (κ3) is 2.00. The molecule has 0 fully saturated rings. The maximum absolute atomic E-state index is 5.98. The molecule has 14 heavy (non-hydrogen) atoms. The number of aromatic nitrogens is 1. The Balaban J connectivity index is 2.33. The van der Waals surface area contributed by atoms with E-state index in [2.05, 4.69) is 10.3 Å². The van der Waals surface area contributed by atoms with Crippen LogP contribution in [-0.4, -0.2) is 4.98 Å². The largest absolute Gasteiger partial charge is 0.329 e. The van der Waals surface area contributed by atoms with E-state index in [1.54, 1.807) is 24.4 Å². The van der Waals surface area contributed by atoms with E-state index in [4.69, 9.17) is 23.2 Å². The van der Waals surface area contributed by atoms with Crippen molar-refractivity contribution >= 4 is 45.4 Å². The Morgan fingerprint density at radius 1 is 1.21 bits per heavy atom. The van der Waals surface area contributed by atoms with E-state index in [1.807, 2.05) is 5.38 Å². The van der Waals surface area contributed by atoms with Crippen molar-refractivity contribution in [2.45, 2.75) is 0 Å². The summed E-state index contributed by atoms with van der Waals surface area (Å²) in [5.41, 5.74) is 0.700. The van der Waals surface area contributed by atoms with Crippen LogP contribution in [0.25, 0.3) is 0 Å². The minimum Gasteiger partial charge on any atom is -0.329 e. The van der Waals surface area contributed by atoms with Crippen molar-refractivity contribution in [3.05, 3.63) is 39.8 Å². The van der Waals surface area contributed by atoms with E-state index in [0.29, 0.717) is 15.7 Å². The summed E-state index contributed by atoms with van der Waals surface area (Å²) in [6.45, 7) is 0. The van der Waals surface area contributed by atoms with Crippen molar-refractivity contribution in [3.63, 3.8) is 0 Å². The number of benzene rings is 1. The van der Waals surface area contributed by atoms with Crippen molar-refractivity contribution in [1.82, 2.24) is 4.98 Å². The molecule has 0 saturated carbocycles. The minimum atomic E-state index is 0.590. The van der Waals surface area contributed by atoms with Gasteiger partial charge in [0.25, 0.3) is 0 Å². The molecule has 2 nitrogen and oxygen atoms in total. The molecular weight excluding hydrogens is 239 g/mol. The highest BCUT2D eigenvalue weighted by atomic mass is 35.5. The quantitative estimate of drug-likeness (QED) is 0.857. The fourth-order valence-corrected chi connectivity index (χ4v) is 2.03. The molecule has 1 heterocycles. The third-order valence-electron chi connectivity index (χ3n) is 1.63. The van der Waals surface area contributed by atoms with Gasteiger partial charge in [0.1, 0.15) is 0 Å². The van der Waals surface area contributed by atoms with Crippen LogP contribution in [0, 0.1) is 0 Å². The minimum absolute atomic E-state index is 0.590. The van der Waals surface area contributed by atoms with Crippen molar-refractivity contribution in [2.75, 3.05) is 5.32 Å².